The predicted octanol–water partition coefficient (Wildman–Crippen LogP) is 5.95. The fourth-order valence-corrected chi connectivity index (χ4v) is 4.06. The van der Waals surface area contributed by atoms with Gasteiger partial charge in [-0.15, -0.1) is 0 Å². The Bertz CT molecular complexity index is 1140. The Labute approximate surface area is 173 Å². The molecule has 0 spiro atoms. The van der Waals surface area contributed by atoms with E-state index in [4.69, 9.17) is 4.42 Å². The van der Waals surface area contributed by atoms with Gasteiger partial charge in [-0.05, 0) is 36.1 Å². The summed E-state index contributed by atoms with van der Waals surface area (Å²) in [6.45, 7) is 6.38. The number of hydrogen-bond donors (Lipinski definition) is 1. The summed E-state index contributed by atoms with van der Waals surface area (Å²) in [6, 6.07) is 14.4. The molecular formula is C23H23N3O2S. The van der Waals surface area contributed by atoms with E-state index in [-0.39, 0.29) is 5.91 Å². The SMILES string of the molecule is Cc1ccc2nc(NC(=O)CCc3ncc(-c4ccc(C(C)C)cc4)o3)sc2c1. The van der Waals surface area contributed by atoms with Crippen LogP contribution in [0.15, 0.2) is 53.1 Å². The van der Waals surface area contributed by atoms with Crippen LogP contribution >= 0.6 is 11.3 Å². The van der Waals surface area contributed by atoms with E-state index in [2.05, 4.69) is 47.3 Å². The highest BCUT2D eigenvalue weighted by Gasteiger charge is 2.12. The maximum absolute atomic E-state index is 12.3. The minimum absolute atomic E-state index is 0.0955. The lowest BCUT2D eigenvalue weighted by Gasteiger charge is -2.05. The fraction of sp³-hybridized carbons (Fsp3) is 0.261. The normalized spacial score (nSPS) is 11.3. The molecule has 0 aliphatic carbocycles. The molecule has 5 nitrogen and oxygen atoms in total. The van der Waals surface area contributed by atoms with E-state index in [9.17, 15) is 4.79 Å². The molecule has 29 heavy (non-hydrogen) atoms. The highest BCUT2D eigenvalue weighted by molar-refractivity contribution is 7.22. The number of nitrogens with one attached hydrogen (secondary N) is 1. The van der Waals surface area contributed by atoms with Gasteiger partial charge in [0, 0.05) is 18.4 Å². The average Bonchev–Trinajstić information content (AvgIpc) is 3.32. The summed E-state index contributed by atoms with van der Waals surface area (Å²) in [6.07, 6.45) is 2.45. The molecule has 0 aliphatic heterocycles. The summed E-state index contributed by atoms with van der Waals surface area (Å²) in [5.41, 5.74) is 4.35. The van der Waals surface area contributed by atoms with Crippen molar-refractivity contribution in [3.8, 4) is 11.3 Å². The smallest absolute Gasteiger partial charge is 0.226 e. The van der Waals surface area contributed by atoms with E-state index < -0.39 is 0 Å². The first-order valence-corrected chi connectivity index (χ1v) is 10.5. The topological polar surface area (TPSA) is 68.0 Å². The third-order valence-corrected chi connectivity index (χ3v) is 5.71. The van der Waals surface area contributed by atoms with Crippen molar-refractivity contribution in [3.05, 3.63) is 65.7 Å². The van der Waals surface area contributed by atoms with Crippen LogP contribution in [0.25, 0.3) is 21.5 Å². The van der Waals surface area contributed by atoms with Crippen molar-refractivity contribution in [1.82, 2.24) is 9.97 Å². The zero-order valence-corrected chi connectivity index (χ0v) is 17.5. The lowest BCUT2D eigenvalue weighted by atomic mass is 10.0. The number of carbonyl (C=O) groups excluding carboxylic acids is 1. The number of amides is 1. The Balaban J connectivity index is 1.35. The van der Waals surface area contributed by atoms with Gasteiger partial charge in [0.05, 0.1) is 16.4 Å². The van der Waals surface area contributed by atoms with Gasteiger partial charge in [0.25, 0.3) is 0 Å². The van der Waals surface area contributed by atoms with Crippen LogP contribution in [0.2, 0.25) is 0 Å². The third kappa shape index (κ3) is 4.54. The molecule has 4 rings (SSSR count). The van der Waals surface area contributed by atoms with E-state index in [1.54, 1.807) is 6.20 Å². The van der Waals surface area contributed by atoms with E-state index in [1.807, 2.05) is 31.2 Å². The van der Waals surface area contributed by atoms with E-state index >= 15 is 0 Å². The van der Waals surface area contributed by atoms with E-state index in [0.29, 0.717) is 29.8 Å². The first-order valence-electron chi connectivity index (χ1n) is 9.70. The van der Waals surface area contributed by atoms with Crippen molar-refractivity contribution in [2.24, 2.45) is 0 Å². The number of thiazole rings is 1. The molecule has 0 saturated carbocycles. The third-order valence-electron chi connectivity index (χ3n) is 4.77. The molecule has 2 heterocycles. The number of oxazole rings is 1. The average molecular weight is 406 g/mol. The van der Waals surface area contributed by atoms with Crippen molar-refractivity contribution in [3.63, 3.8) is 0 Å². The summed E-state index contributed by atoms with van der Waals surface area (Å²) >= 11 is 1.48. The van der Waals surface area contributed by atoms with Gasteiger partial charge in [-0.3, -0.25) is 4.79 Å². The molecule has 0 radical (unpaired) electrons. The Morgan fingerprint density at radius 3 is 2.72 bits per heavy atom. The van der Waals surface area contributed by atoms with Crippen molar-refractivity contribution >= 4 is 32.6 Å². The zero-order valence-electron chi connectivity index (χ0n) is 16.7. The second kappa shape index (κ2) is 8.17. The van der Waals surface area contributed by atoms with Gasteiger partial charge in [0.2, 0.25) is 5.91 Å². The number of aryl methyl sites for hydroxylation is 2. The monoisotopic (exact) mass is 405 g/mol. The number of nitrogens with zero attached hydrogens (tertiary/aromatic N) is 2. The summed E-state index contributed by atoms with van der Waals surface area (Å²) < 4.78 is 6.90. The maximum atomic E-state index is 12.3. The maximum Gasteiger partial charge on any atom is 0.226 e. The van der Waals surface area contributed by atoms with Gasteiger partial charge in [0.1, 0.15) is 0 Å². The molecule has 1 N–H and O–H groups in total. The highest BCUT2D eigenvalue weighted by Crippen LogP contribution is 2.27. The number of hydrogen-bond acceptors (Lipinski definition) is 5. The lowest BCUT2D eigenvalue weighted by molar-refractivity contribution is -0.116. The van der Waals surface area contributed by atoms with Crippen LogP contribution in [0.1, 0.15) is 43.2 Å². The van der Waals surface area contributed by atoms with Crippen LogP contribution in [0.3, 0.4) is 0 Å². The van der Waals surface area contributed by atoms with Crippen LogP contribution in [-0.4, -0.2) is 15.9 Å². The fourth-order valence-electron chi connectivity index (χ4n) is 3.08. The number of rotatable bonds is 6. The van der Waals surface area contributed by atoms with Crippen molar-refractivity contribution < 1.29 is 9.21 Å². The molecule has 0 bridgehead atoms. The Hall–Kier alpha value is -2.99. The van der Waals surface area contributed by atoms with Gasteiger partial charge in [-0.2, -0.15) is 0 Å². The van der Waals surface area contributed by atoms with Gasteiger partial charge >= 0.3 is 0 Å². The lowest BCUT2D eigenvalue weighted by Crippen LogP contribution is -2.12. The van der Waals surface area contributed by atoms with E-state index in [0.717, 1.165) is 21.5 Å². The Morgan fingerprint density at radius 2 is 1.97 bits per heavy atom. The summed E-state index contributed by atoms with van der Waals surface area (Å²) in [7, 11) is 0. The summed E-state index contributed by atoms with van der Waals surface area (Å²) in [5.74, 6) is 1.68. The first-order chi connectivity index (χ1) is 14.0. The number of anilines is 1. The molecule has 2 aromatic heterocycles. The number of aromatic nitrogens is 2. The quantitative estimate of drug-likeness (QED) is 0.430. The van der Waals surface area contributed by atoms with E-state index in [1.165, 1.54) is 22.5 Å². The minimum Gasteiger partial charge on any atom is -0.441 e. The van der Waals surface area contributed by atoms with Gasteiger partial charge in [0.15, 0.2) is 16.8 Å². The van der Waals surface area contributed by atoms with Crippen LogP contribution in [0.4, 0.5) is 5.13 Å². The Morgan fingerprint density at radius 1 is 1.17 bits per heavy atom. The molecule has 148 valence electrons. The molecule has 0 aliphatic rings. The van der Waals surface area contributed by atoms with Crippen LogP contribution in [-0.2, 0) is 11.2 Å². The van der Waals surface area contributed by atoms with Crippen molar-refractivity contribution in [1.29, 1.82) is 0 Å². The number of benzene rings is 2. The highest BCUT2D eigenvalue weighted by atomic mass is 32.1. The molecule has 0 saturated heterocycles. The zero-order chi connectivity index (χ0) is 20.4. The minimum atomic E-state index is -0.0955. The summed E-state index contributed by atoms with van der Waals surface area (Å²) in [5, 5.41) is 3.49. The standard InChI is InChI=1S/C23H23N3O2S/c1-14(2)16-5-7-17(8-6-16)19-13-24-22(28-19)11-10-21(27)26-23-25-18-9-4-15(3)12-20(18)29-23/h4-9,12-14H,10-11H2,1-3H3,(H,25,26,27). The van der Waals surface area contributed by atoms with Crippen molar-refractivity contribution in [2.75, 3.05) is 5.32 Å². The number of fused-ring (bicyclic) bond motifs is 1. The van der Waals surface area contributed by atoms with Crippen LogP contribution < -0.4 is 5.32 Å². The Kier molecular flexibility index (Phi) is 5.45. The molecule has 6 heteroatoms. The largest absolute Gasteiger partial charge is 0.441 e. The first kappa shape index (κ1) is 19.3. The molecule has 2 aromatic carbocycles. The molecular weight excluding hydrogens is 382 g/mol. The molecule has 4 aromatic rings. The number of carbonyl (C=O) groups is 1. The molecule has 0 unspecified atom stereocenters. The van der Waals surface area contributed by atoms with Gasteiger partial charge < -0.3 is 9.73 Å². The van der Waals surface area contributed by atoms with Crippen molar-refractivity contribution in [2.45, 2.75) is 39.5 Å². The molecule has 0 atom stereocenters. The molecule has 1 amide bonds. The van der Waals surface area contributed by atoms with Crippen LogP contribution in [0, 0.1) is 6.92 Å². The second-order valence-electron chi connectivity index (χ2n) is 7.43. The van der Waals surface area contributed by atoms with Gasteiger partial charge in [-0.1, -0.05) is 55.5 Å². The second-order valence-corrected chi connectivity index (χ2v) is 8.46. The summed E-state index contributed by atoms with van der Waals surface area (Å²) in [4.78, 5) is 21.1. The van der Waals surface area contributed by atoms with Gasteiger partial charge in [-0.25, -0.2) is 9.97 Å². The molecule has 0 fully saturated rings. The predicted molar refractivity (Wildman–Crippen MR) is 117 cm³/mol. The van der Waals surface area contributed by atoms with Crippen LogP contribution in [0.5, 0.6) is 0 Å².